The third-order valence-electron chi connectivity index (χ3n) is 3.61. The van der Waals surface area contributed by atoms with E-state index in [4.69, 9.17) is 21.5 Å². The predicted octanol–water partition coefficient (Wildman–Crippen LogP) is 3.37. The van der Waals surface area contributed by atoms with E-state index >= 15 is 0 Å². The Kier molecular flexibility index (Phi) is 7.13. The summed E-state index contributed by atoms with van der Waals surface area (Å²) in [5, 5.41) is 14.8. The minimum absolute atomic E-state index is 0.00547. The second kappa shape index (κ2) is 9.15. The van der Waals surface area contributed by atoms with Crippen molar-refractivity contribution >= 4 is 17.6 Å². The maximum absolute atomic E-state index is 12.5. The minimum Gasteiger partial charge on any atom is -0.475 e. The Morgan fingerprint density at radius 1 is 1.39 bits per heavy atom. The van der Waals surface area contributed by atoms with E-state index in [1.54, 1.807) is 12.4 Å². The number of halogens is 6. The summed E-state index contributed by atoms with van der Waals surface area (Å²) < 4.78 is 63.0. The molecule has 1 aliphatic heterocycles. The van der Waals surface area contributed by atoms with Crippen LogP contribution in [-0.4, -0.2) is 51.7 Å². The van der Waals surface area contributed by atoms with Crippen LogP contribution in [0.2, 0.25) is 5.15 Å². The summed E-state index contributed by atoms with van der Waals surface area (Å²) in [6, 6.07) is 1.55. The lowest BCUT2D eigenvalue weighted by atomic mass is 10.1. The van der Waals surface area contributed by atoms with Gasteiger partial charge in [-0.2, -0.15) is 27.1 Å². The van der Waals surface area contributed by atoms with Gasteiger partial charge in [-0.05, 0) is 13.0 Å². The fourth-order valence-corrected chi connectivity index (χ4v) is 2.51. The summed E-state index contributed by atoms with van der Waals surface area (Å²) in [6.45, 7) is -1.13. The summed E-state index contributed by atoms with van der Waals surface area (Å²) in [7, 11) is 0. The van der Waals surface area contributed by atoms with Crippen LogP contribution in [0.3, 0.4) is 0 Å². The van der Waals surface area contributed by atoms with E-state index in [-0.39, 0.29) is 16.9 Å². The maximum Gasteiger partial charge on any atom is 0.490 e. The van der Waals surface area contributed by atoms with Gasteiger partial charge in [-0.25, -0.2) is 9.78 Å². The van der Waals surface area contributed by atoms with Crippen LogP contribution in [-0.2, 0) is 4.79 Å². The van der Waals surface area contributed by atoms with E-state index in [0.29, 0.717) is 11.1 Å². The van der Waals surface area contributed by atoms with Gasteiger partial charge in [-0.1, -0.05) is 11.6 Å². The zero-order valence-electron chi connectivity index (χ0n) is 14.0. The van der Waals surface area contributed by atoms with Gasteiger partial charge in [0.25, 0.3) is 0 Å². The first kappa shape index (κ1) is 21.8. The number of aromatic nitrogens is 3. The first-order valence-corrected chi connectivity index (χ1v) is 8.11. The summed E-state index contributed by atoms with van der Waals surface area (Å²) in [4.78, 5) is 12.8. The van der Waals surface area contributed by atoms with Crippen molar-refractivity contribution in [3.8, 4) is 16.9 Å². The van der Waals surface area contributed by atoms with Gasteiger partial charge < -0.3 is 15.2 Å². The standard InChI is InChI=1S/C13H13ClF2N4O.C2HF3O2/c14-12-3-11(21-13(15)16)10(6-18-12)8-4-19-20(7-8)9-1-2-17-5-9;3-2(4,5)1(6)7/h3-4,6-7,9,13,17H,1-2,5H2;(H,6,7). The number of alkyl halides is 5. The predicted molar refractivity (Wildman–Crippen MR) is 87.3 cm³/mol. The molecule has 28 heavy (non-hydrogen) atoms. The Hall–Kier alpha value is -2.47. The molecule has 0 spiro atoms. The number of hydrogen-bond acceptors (Lipinski definition) is 5. The molecule has 1 aliphatic rings. The molecule has 2 aromatic heterocycles. The third-order valence-corrected chi connectivity index (χ3v) is 3.82. The molecule has 2 aromatic rings. The Morgan fingerprint density at radius 3 is 2.61 bits per heavy atom. The second-order valence-electron chi connectivity index (χ2n) is 5.54. The molecule has 0 amide bonds. The molecule has 154 valence electrons. The van der Waals surface area contributed by atoms with Crippen LogP contribution in [0.25, 0.3) is 11.1 Å². The molecule has 1 unspecified atom stereocenters. The lowest BCUT2D eigenvalue weighted by Crippen LogP contribution is -2.21. The van der Waals surface area contributed by atoms with Gasteiger partial charge in [0.15, 0.2) is 0 Å². The smallest absolute Gasteiger partial charge is 0.475 e. The second-order valence-corrected chi connectivity index (χ2v) is 5.93. The quantitative estimate of drug-likeness (QED) is 0.573. The summed E-state index contributed by atoms with van der Waals surface area (Å²) >= 11 is 5.73. The van der Waals surface area contributed by atoms with Gasteiger partial charge in [-0.3, -0.25) is 4.68 Å². The van der Waals surface area contributed by atoms with Crippen LogP contribution in [0.15, 0.2) is 24.7 Å². The van der Waals surface area contributed by atoms with E-state index in [9.17, 15) is 22.0 Å². The first-order valence-electron chi connectivity index (χ1n) is 7.73. The fraction of sp³-hybridized carbons (Fsp3) is 0.400. The number of nitrogens with zero attached hydrogens (tertiary/aromatic N) is 3. The first-order chi connectivity index (χ1) is 13.1. The van der Waals surface area contributed by atoms with Crippen LogP contribution in [0.4, 0.5) is 22.0 Å². The fourth-order valence-electron chi connectivity index (χ4n) is 2.37. The molecule has 7 nitrogen and oxygen atoms in total. The normalized spacial score (nSPS) is 16.6. The number of ether oxygens (including phenoxy) is 1. The summed E-state index contributed by atoms with van der Waals surface area (Å²) in [5.41, 5.74) is 1.11. The van der Waals surface area contributed by atoms with Crippen molar-refractivity contribution in [1.82, 2.24) is 20.1 Å². The van der Waals surface area contributed by atoms with Crippen molar-refractivity contribution in [3.05, 3.63) is 29.8 Å². The molecule has 1 fully saturated rings. The maximum atomic E-state index is 12.5. The molecular weight excluding hydrogens is 415 g/mol. The Bertz CT molecular complexity index is 809. The summed E-state index contributed by atoms with van der Waals surface area (Å²) in [6.07, 6.45) is 0.733. The number of hydrogen-bond donors (Lipinski definition) is 2. The highest BCUT2D eigenvalue weighted by Crippen LogP contribution is 2.32. The van der Waals surface area contributed by atoms with Crippen molar-refractivity contribution < 1.29 is 36.6 Å². The Labute approximate surface area is 160 Å². The molecular formula is C15H14ClF5N4O3. The molecule has 0 aromatic carbocycles. The lowest BCUT2D eigenvalue weighted by molar-refractivity contribution is -0.192. The number of carbonyl (C=O) groups is 1. The van der Waals surface area contributed by atoms with E-state index < -0.39 is 18.8 Å². The Morgan fingerprint density at radius 2 is 2.07 bits per heavy atom. The average Bonchev–Trinajstić information content (AvgIpc) is 3.25. The highest BCUT2D eigenvalue weighted by Gasteiger charge is 2.38. The molecule has 1 atom stereocenters. The average molecular weight is 429 g/mol. The van der Waals surface area contributed by atoms with Crippen molar-refractivity contribution in [2.24, 2.45) is 0 Å². The van der Waals surface area contributed by atoms with Crippen LogP contribution in [0.5, 0.6) is 5.75 Å². The number of carboxylic acid groups (broad SMARTS) is 1. The highest BCUT2D eigenvalue weighted by atomic mass is 35.5. The number of pyridine rings is 1. The highest BCUT2D eigenvalue weighted by molar-refractivity contribution is 6.29. The van der Waals surface area contributed by atoms with Crippen molar-refractivity contribution in [2.45, 2.75) is 25.3 Å². The van der Waals surface area contributed by atoms with E-state index in [1.807, 2.05) is 4.68 Å². The molecule has 2 N–H and O–H groups in total. The van der Waals surface area contributed by atoms with Gasteiger partial charge in [-0.15, -0.1) is 0 Å². The van der Waals surface area contributed by atoms with Crippen molar-refractivity contribution in [1.29, 1.82) is 0 Å². The van der Waals surface area contributed by atoms with Gasteiger partial charge in [0.1, 0.15) is 10.9 Å². The van der Waals surface area contributed by atoms with E-state index in [1.165, 1.54) is 12.3 Å². The van der Waals surface area contributed by atoms with Crippen LogP contribution in [0, 0.1) is 0 Å². The van der Waals surface area contributed by atoms with Crippen LogP contribution >= 0.6 is 11.6 Å². The van der Waals surface area contributed by atoms with Gasteiger partial charge in [0.2, 0.25) is 0 Å². The number of nitrogens with one attached hydrogen (secondary N) is 1. The van der Waals surface area contributed by atoms with Gasteiger partial charge in [0, 0.05) is 36.1 Å². The monoisotopic (exact) mass is 428 g/mol. The number of rotatable bonds is 4. The summed E-state index contributed by atoms with van der Waals surface area (Å²) in [5.74, 6) is -2.76. The van der Waals surface area contributed by atoms with Crippen LogP contribution in [0.1, 0.15) is 12.5 Å². The molecule has 3 heterocycles. The number of carboxylic acids is 1. The lowest BCUT2D eigenvalue weighted by Gasteiger charge is -2.10. The van der Waals surface area contributed by atoms with Gasteiger partial charge >= 0.3 is 18.8 Å². The van der Waals surface area contributed by atoms with Crippen molar-refractivity contribution in [2.75, 3.05) is 13.1 Å². The molecule has 13 heteroatoms. The zero-order valence-corrected chi connectivity index (χ0v) is 14.7. The third kappa shape index (κ3) is 6.02. The zero-order chi connectivity index (χ0) is 20.9. The molecule has 3 rings (SSSR count). The van der Waals surface area contributed by atoms with E-state index in [0.717, 1.165) is 19.5 Å². The molecule has 1 saturated heterocycles. The van der Waals surface area contributed by atoms with Crippen LogP contribution < -0.4 is 10.1 Å². The molecule has 0 aliphatic carbocycles. The number of aliphatic carboxylic acids is 1. The molecule has 0 radical (unpaired) electrons. The largest absolute Gasteiger partial charge is 0.490 e. The molecule has 0 bridgehead atoms. The van der Waals surface area contributed by atoms with Crippen molar-refractivity contribution in [3.63, 3.8) is 0 Å². The SMILES string of the molecule is FC(F)Oc1cc(Cl)ncc1-c1cnn(C2CCNC2)c1.O=C(O)C(F)(F)F. The topological polar surface area (TPSA) is 89.3 Å². The van der Waals surface area contributed by atoms with E-state index in [2.05, 4.69) is 20.1 Å². The Balaban J connectivity index is 0.000000345. The van der Waals surface area contributed by atoms with Gasteiger partial charge in [0.05, 0.1) is 12.2 Å². The molecule has 0 saturated carbocycles. The minimum atomic E-state index is -5.08.